The first-order valence-electron chi connectivity index (χ1n) is 4.19. The summed E-state index contributed by atoms with van der Waals surface area (Å²) in [4.78, 5) is 0. The summed E-state index contributed by atoms with van der Waals surface area (Å²) in [5.74, 6) is 0. The number of hydrogen-bond donors (Lipinski definition) is 2. The van der Waals surface area contributed by atoms with E-state index in [-0.39, 0.29) is 6.10 Å². The molecular formula is C9H14BNO. The minimum atomic E-state index is -0.280. The summed E-state index contributed by atoms with van der Waals surface area (Å²) >= 11 is 0. The van der Waals surface area contributed by atoms with Gasteiger partial charge >= 0.3 is 0 Å². The molecule has 0 aliphatic heterocycles. The van der Waals surface area contributed by atoms with Gasteiger partial charge in [-0.15, -0.1) is 0 Å². The van der Waals surface area contributed by atoms with Crippen molar-refractivity contribution in [1.82, 2.24) is 5.23 Å². The smallest absolute Gasteiger partial charge is 0.182 e. The summed E-state index contributed by atoms with van der Waals surface area (Å²) in [7, 11) is 1.84. The van der Waals surface area contributed by atoms with Gasteiger partial charge in [-0.05, 0) is 12.0 Å². The summed E-state index contributed by atoms with van der Waals surface area (Å²) in [5.41, 5.74) is 1.18. The molecule has 0 spiro atoms. The van der Waals surface area contributed by atoms with Crippen molar-refractivity contribution in [3.8, 4) is 0 Å². The topological polar surface area (TPSA) is 32.3 Å². The van der Waals surface area contributed by atoms with Gasteiger partial charge in [-0.3, -0.25) is 0 Å². The SMILES string of the molecule is BNCC(O)Cc1ccccc1. The number of benzene rings is 1. The van der Waals surface area contributed by atoms with Crippen LogP contribution >= 0.6 is 0 Å². The molecule has 1 unspecified atom stereocenters. The molecule has 12 heavy (non-hydrogen) atoms. The molecule has 1 atom stereocenters. The van der Waals surface area contributed by atoms with Crippen molar-refractivity contribution >= 4 is 7.98 Å². The number of rotatable bonds is 4. The second-order valence-corrected chi connectivity index (χ2v) is 2.90. The molecule has 3 heteroatoms. The first-order chi connectivity index (χ1) is 5.83. The Bertz CT molecular complexity index is 215. The van der Waals surface area contributed by atoms with Crippen LogP contribution in [0.3, 0.4) is 0 Å². The largest absolute Gasteiger partial charge is 0.391 e. The van der Waals surface area contributed by atoms with Crippen molar-refractivity contribution in [3.63, 3.8) is 0 Å². The highest BCUT2D eigenvalue weighted by molar-refractivity contribution is 6.04. The Morgan fingerprint density at radius 3 is 2.58 bits per heavy atom. The normalized spacial score (nSPS) is 12.8. The fraction of sp³-hybridized carbons (Fsp3) is 0.333. The predicted octanol–water partition coefficient (Wildman–Crippen LogP) is -0.272. The zero-order valence-corrected chi connectivity index (χ0v) is 7.33. The van der Waals surface area contributed by atoms with E-state index in [1.165, 1.54) is 5.56 Å². The van der Waals surface area contributed by atoms with Crippen LogP contribution in [0.15, 0.2) is 30.3 Å². The van der Waals surface area contributed by atoms with Crippen molar-refractivity contribution in [2.24, 2.45) is 0 Å². The van der Waals surface area contributed by atoms with Crippen LogP contribution in [0.1, 0.15) is 5.56 Å². The minimum absolute atomic E-state index is 0.280. The molecule has 0 saturated carbocycles. The van der Waals surface area contributed by atoms with E-state index in [0.29, 0.717) is 6.54 Å². The highest BCUT2D eigenvalue weighted by Gasteiger charge is 2.02. The molecule has 1 aromatic rings. The van der Waals surface area contributed by atoms with E-state index in [9.17, 15) is 5.11 Å². The van der Waals surface area contributed by atoms with Gasteiger partial charge in [-0.1, -0.05) is 30.3 Å². The van der Waals surface area contributed by atoms with Gasteiger partial charge in [-0.25, -0.2) is 0 Å². The molecule has 0 fully saturated rings. The Hall–Kier alpha value is -0.795. The highest BCUT2D eigenvalue weighted by Crippen LogP contribution is 2.01. The lowest BCUT2D eigenvalue weighted by atomic mass is 10.1. The van der Waals surface area contributed by atoms with Crippen molar-refractivity contribution in [3.05, 3.63) is 35.9 Å². The van der Waals surface area contributed by atoms with Crippen molar-refractivity contribution in [2.75, 3.05) is 6.54 Å². The molecule has 2 nitrogen and oxygen atoms in total. The van der Waals surface area contributed by atoms with Crippen LogP contribution in [0.2, 0.25) is 0 Å². The molecule has 0 aromatic heterocycles. The van der Waals surface area contributed by atoms with Crippen LogP contribution in [0.5, 0.6) is 0 Å². The van der Waals surface area contributed by atoms with E-state index in [2.05, 4.69) is 5.23 Å². The van der Waals surface area contributed by atoms with Gasteiger partial charge < -0.3 is 10.3 Å². The molecule has 0 heterocycles. The summed E-state index contributed by atoms with van der Waals surface area (Å²) in [6, 6.07) is 10.0. The summed E-state index contributed by atoms with van der Waals surface area (Å²) in [5, 5.41) is 12.4. The van der Waals surface area contributed by atoms with Gasteiger partial charge in [0.15, 0.2) is 7.98 Å². The molecule has 0 radical (unpaired) electrons. The Balaban J connectivity index is 2.41. The molecule has 0 amide bonds. The highest BCUT2D eigenvalue weighted by atomic mass is 16.3. The molecular weight excluding hydrogens is 149 g/mol. The predicted molar refractivity (Wildman–Crippen MR) is 52.7 cm³/mol. The van der Waals surface area contributed by atoms with Crippen LogP contribution < -0.4 is 5.23 Å². The second-order valence-electron chi connectivity index (χ2n) is 2.90. The van der Waals surface area contributed by atoms with Gasteiger partial charge in [0, 0.05) is 6.54 Å². The van der Waals surface area contributed by atoms with Crippen molar-refractivity contribution < 1.29 is 5.11 Å². The molecule has 0 aliphatic carbocycles. The number of nitrogens with one attached hydrogen (secondary N) is 1. The molecule has 0 saturated heterocycles. The molecule has 1 aromatic carbocycles. The van der Waals surface area contributed by atoms with Gasteiger partial charge in [0.25, 0.3) is 0 Å². The van der Waals surface area contributed by atoms with E-state index < -0.39 is 0 Å². The van der Waals surface area contributed by atoms with Crippen LogP contribution in [-0.2, 0) is 6.42 Å². The third-order valence-corrected chi connectivity index (χ3v) is 1.75. The maximum atomic E-state index is 9.44. The average Bonchev–Trinajstić information content (AvgIpc) is 2.06. The number of aliphatic hydroxyl groups excluding tert-OH is 1. The van der Waals surface area contributed by atoms with Gasteiger partial charge in [0.1, 0.15) is 0 Å². The Morgan fingerprint density at radius 2 is 2.00 bits per heavy atom. The molecule has 64 valence electrons. The fourth-order valence-electron chi connectivity index (χ4n) is 1.19. The zero-order chi connectivity index (χ0) is 8.81. The lowest BCUT2D eigenvalue weighted by Gasteiger charge is -2.09. The fourth-order valence-corrected chi connectivity index (χ4v) is 1.19. The number of hydrogen-bond acceptors (Lipinski definition) is 2. The first-order valence-corrected chi connectivity index (χ1v) is 4.19. The third kappa shape index (κ3) is 3.07. The van der Waals surface area contributed by atoms with Crippen LogP contribution in [0.25, 0.3) is 0 Å². The van der Waals surface area contributed by atoms with Crippen molar-refractivity contribution in [1.29, 1.82) is 0 Å². The third-order valence-electron chi connectivity index (χ3n) is 1.75. The molecule has 2 N–H and O–H groups in total. The van der Waals surface area contributed by atoms with E-state index >= 15 is 0 Å². The van der Waals surface area contributed by atoms with E-state index in [0.717, 1.165) is 6.42 Å². The molecule has 0 aliphatic rings. The maximum absolute atomic E-state index is 9.44. The van der Waals surface area contributed by atoms with Gasteiger partial charge in [0.05, 0.1) is 6.10 Å². The lowest BCUT2D eigenvalue weighted by Crippen LogP contribution is -2.26. The van der Waals surface area contributed by atoms with E-state index in [1.807, 2.05) is 38.3 Å². The molecule has 1 rings (SSSR count). The first kappa shape index (κ1) is 9.29. The monoisotopic (exact) mass is 163 g/mol. The summed E-state index contributed by atoms with van der Waals surface area (Å²) < 4.78 is 0. The average molecular weight is 163 g/mol. The quantitative estimate of drug-likeness (QED) is 0.598. The van der Waals surface area contributed by atoms with Crippen molar-refractivity contribution in [2.45, 2.75) is 12.5 Å². The zero-order valence-electron chi connectivity index (χ0n) is 7.33. The Labute approximate surface area is 74.0 Å². The maximum Gasteiger partial charge on any atom is 0.182 e. The summed E-state index contributed by atoms with van der Waals surface area (Å²) in [6.45, 7) is 0.648. The van der Waals surface area contributed by atoms with Gasteiger partial charge in [0.2, 0.25) is 0 Å². The van der Waals surface area contributed by atoms with E-state index in [4.69, 9.17) is 0 Å². The van der Waals surface area contributed by atoms with Crippen LogP contribution in [0.4, 0.5) is 0 Å². The van der Waals surface area contributed by atoms with Crippen LogP contribution in [-0.4, -0.2) is 25.7 Å². The Morgan fingerprint density at radius 1 is 1.33 bits per heavy atom. The number of aliphatic hydroxyl groups is 1. The standard InChI is InChI=1S/C9H14BNO/c10-11-7-9(12)6-8-4-2-1-3-5-8/h1-5,9,11-12H,6-7,10H2. The van der Waals surface area contributed by atoms with Crippen LogP contribution in [0, 0.1) is 0 Å². The second kappa shape index (κ2) is 4.96. The minimum Gasteiger partial charge on any atom is -0.391 e. The summed E-state index contributed by atoms with van der Waals surface area (Å²) in [6.07, 6.45) is 0.444. The lowest BCUT2D eigenvalue weighted by molar-refractivity contribution is 0.179. The van der Waals surface area contributed by atoms with Gasteiger partial charge in [-0.2, -0.15) is 0 Å². The Kier molecular flexibility index (Phi) is 3.84. The van der Waals surface area contributed by atoms with E-state index in [1.54, 1.807) is 0 Å². The molecule has 0 bridgehead atoms.